The summed E-state index contributed by atoms with van der Waals surface area (Å²) in [5.41, 5.74) is 0. The third-order valence-electron chi connectivity index (χ3n) is 1.17. The minimum atomic E-state index is -0.356. The highest BCUT2D eigenvalue weighted by Crippen LogP contribution is 1.82. The normalized spacial score (nSPS) is 9.83. The second kappa shape index (κ2) is 8.49. The van der Waals surface area contributed by atoms with Gasteiger partial charge in [0.15, 0.2) is 0 Å². The van der Waals surface area contributed by atoms with Gasteiger partial charge in [-0.25, -0.2) is 4.79 Å². The van der Waals surface area contributed by atoms with Crippen molar-refractivity contribution in [2.24, 2.45) is 0 Å². The third-order valence-corrected chi connectivity index (χ3v) is 1.17. The van der Waals surface area contributed by atoms with Crippen molar-refractivity contribution >= 4 is 5.97 Å². The maximum atomic E-state index is 10.5. The van der Waals surface area contributed by atoms with E-state index in [0.29, 0.717) is 13.2 Å². The minimum Gasteiger partial charge on any atom is -0.467 e. The van der Waals surface area contributed by atoms with Crippen LogP contribution < -0.4 is 0 Å². The van der Waals surface area contributed by atoms with E-state index in [1.165, 1.54) is 7.11 Å². The van der Waals surface area contributed by atoms with E-state index in [4.69, 9.17) is 9.47 Å². The molecule has 0 heterocycles. The summed E-state index contributed by atoms with van der Waals surface area (Å²) in [6, 6.07) is 0. The predicted molar refractivity (Wildman–Crippen MR) is 43.9 cm³/mol. The van der Waals surface area contributed by atoms with Gasteiger partial charge in [-0.2, -0.15) is 0 Å². The summed E-state index contributed by atoms with van der Waals surface area (Å²) in [4.78, 5) is 10.5. The molecule has 4 heteroatoms. The number of ether oxygens (including phenoxy) is 3. The van der Waals surface area contributed by atoms with Gasteiger partial charge in [-0.3, -0.25) is 0 Å². The third kappa shape index (κ3) is 7.50. The molecule has 12 heavy (non-hydrogen) atoms. The average molecular weight is 176 g/mol. The quantitative estimate of drug-likeness (QED) is 0.421. The molecule has 0 aromatic carbocycles. The maximum Gasteiger partial charge on any atom is 0.331 e. The van der Waals surface area contributed by atoms with Crippen molar-refractivity contribution in [2.75, 3.05) is 33.5 Å². The molecule has 0 N–H and O–H groups in total. The first-order valence-electron chi connectivity index (χ1n) is 4.03. The van der Waals surface area contributed by atoms with Crippen LogP contribution in [0.5, 0.6) is 0 Å². The predicted octanol–water partition coefficient (Wildman–Crippen LogP) is 0.603. The van der Waals surface area contributed by atoms with Crippen molar-refractivity contribution in [1.29, 1.82) is 0 Å². The second-order valence-electron chi connectivity index (χ2n) is 2.24. The number of carbonyl (C=O) groups is 1. The lowest BCUT2D eigenvalue weighted by Crippen LogP contribution is -2.13. The molecule has 4 nitrogen and oxygen atoms in total. The largest absolute Gasteiger partial charge is 0.467 e. The summed E-state index contributed by atoms with van der Waals surface area (Å²) < 4.78 is 14.4. The van der Waals surface area contributed by atoms with Gasteiger partial charge in [-0.05, 0) is 6.42 Å². The summed E-state index contributed by atoms with van der Waals surface area (Å²) in [6.07, 6.45) is 0.997. The zero-order valence-electron chi connectivity index (χ0n) is 7.67. The maximum absolute atomic E-state index is 10.5. The van der Waals surface area contributed by atoms with E-state index >= 15 is 0 Å². The standard InChI is InChI=1S/C8H16O4/c1-3-4-11-5-6-12-7-8(9)10-2/h3-7H2,1-2H3. The lowest BCUT2D eigenvalue weighted by atomic mass is 10.5. The van der Waals surface area contributed by atoms with Crippen LogP contribution in [0.2, 0.25) is 0 Å². The van der Waals surface area contributed by atoms with E-state index in [-0.39, 0.29) is 12.6 Å². The molecule has 0 aliphatic rings. The number of carbonyl (C=O) groups excluding carboxylic acids is 1. The van der Waals surface area contributed by atoms with Crippen molar-refractivity contribution in [1.82, 2.24) is 0 Å². The molecule has 72 valence electrons. The van der Waals surface area contributed by atoms with Crippen LogP contribution in [-0.2, 0) is 19.0 Å². The van der Waals surface area contributed by atoms with Gasteiger partial charge in [0.1, 0.15) is 6.61 Å². The summed E-state index contributed by atoms with van der Waals surface area (Å²) >= 11 is 0. The first-order chi connectivity index (χ1) is 5.81. The highest BCUT2D eigenvalue weighted by atomic mass is 16.6. The highest BCUT2D eigenvalue weighted by Gasteiger charge is 1.98. The monoisotopic (exact) mass is 176 g/mol. The van der Waals surface area contributed by atoms with Gasteiger partial charge in [-0.15, -0.1) is 0 Å². The molecule has 0 spiro atoms. The first-order valence-corrected chi connectivity index (χ1v) is 4.03. The SMILES string of the molecule is CCCOCCOCC(=O)OC. The first kappa shape index (κ1) is 11.4. The lowest BCUT2D eigenvalue weighted by Gasteiger charge is -2.03. The molecule has 0 unspecified atom stereocenters. The van der Waals surface area contributed by atoms with E-state index in [0.717, 1.165) is 13.0 Å². The van der Waals surface area contributed by atoms with Gasteiger partial charge in [-0.1, -0.05) is 6.92 Å². The zero-order valence-corrected chi connectivity index (χ0v) is 7.67. The molecule has 0 atom stereocenters. The van der Waals surface area contributed by atoms with Crippen LogP contribution in [0.1, 0.15) is 13.3 Å². The van der Waals surface area contributed by atoms with Gasteiger partial charge in [0.2, 0.25) is 0 Å². The van der Waals surface area contributed by atoms with Crippen LogP contribution in [0.4, 0.5) is 0 Å². The molecule has 0 aromatic heterocycles. The number of hydrogen-bond acceptors (Lipinski definition) is 4. The molecule has 0 aliphatic carbocycles. The van der Waals surface area contributed by atoms with Crippen molar-refractivity contribution in [3.63, 3.8) is 0 Å². The molecule has 0 amide bonds. The van der Waals surface area contributed by atoms with Gasteiger partial charge in [0, 0.05) is 6.61 Å². The Bertz CT molecular complexity index is 114. The fraction of sp³-hybridized carbons (Fsp3) is 0.875. The van der Waals surface area contributed by atoms with Crippen molar-refractivity contribution in [3.8, 4) is 0 Å². The van der Waals surface area contributed by atoms with Crippen LogP contribution in [0, 0.1) is 0 Å². The highest BCUT2D eigenvalue weighted by molar-refractivity contribution is 5.70. The van der Waals surface area contributed by atoms with Crippen LogP contribution in [0.3, 0.4) is 0 Å². The van der Waals surface area contributed by atoms with Gasteiger partial charge < -0.3 is 14.2 Å². The Balaban J connectivity index is 2.95. The molecule has 0 aliphatic heterocycles. The molecule has 0 saturated heterocycles. The van der Waals surface area contributed by atoms with E-state index in [1.807, 2.05) is 6.92 Å². The Morgan fingerprint density at radius 3 is 2.42 bits per heavy atom. The van der Waals surface area contributed by atoms with Gasteiger partial charge in [0.05, 0.1) is 20.3 Å². The number of rotatable bonds is 7. The fourth-order valence-corrected chi connectivity index (χ4v) is 0.579. The van der Waals surface area contributed by atoms with Crippen LogP contribution >= 0.6 is 0 Å². The van der Waals surface area contributed by atoms with Crippen molar-refractivity contribution in [2.45, 2.75) is 13.3 Å². The minimum absolute atomic E-state index is 0.00594. The van der Waals surface area contributed by atoms with Gasteiger partial charge >= 0.3 is 5.97 Å². The van der Waals surface area contributed by atoms with Crippen LogP contribution in [0.15, 0.2) is 0 Å². The molecule has 0 fully saturated rings. The fourth-order valence-electron chi connectivity index (χ4n) is 0.579. The molecule has 0 aromatic rings. The Hall–Kier alpha value is -0.610. The summed E-state index contributed by atoms with van der Waals surface area (Å²) in [6.45, 7) is 3.75. The Morgan fingerprint density at radius 2 is 1.83 bits per heavy atom. The molecule has 0 radical (unpaired) electrons. The zero-order chi connectivity index (χ0) is 9.23. The van der Waals surface area contributed by atoms with E-state index in [2.05, 4.69) is 4.74 Å². The van der Waals surface area contributed by atoms with Crippen LogP contribution in [0.25, 0.3) is 0 Å². The summed E-state index contributed by atoms with van der Waals surface area (Å²) in [7, 11) is 1.33. The number of hydrogen-bond donors (Lipinski definition) is 0. The average Bonchev–Trinajstić information content (AvgIpc) is 2.10. The van der Waals surface area contributed by atoms with E-state index in [1.54, 1.807) is 0 Å². The Morgan fingerprint density at radius 1 is 1.17 bits per heavy atom. The summed E-state index contributed by atoms with van der Waals surface area (Å²) in [5, 5.41) is 0. The number of methoxy groups -OCH3 is 1. The van der Waals surface area contributed by atoms with Crippen LogP contribution in [-0.4, -0.2) is 39.5 Å². The molecule has 0 rings (SSSR count). The number of esters is 1. The smallest absolute Gasteiger partial charge is 0.331 e. The molecule has 0 bridgehead atoms. The van der Waals surface area contributed by atoms with Crippen molar-refractivity contribution in [3.05, 3.63) is 0 Å². The van der Waals surface area contributed by atoms with E-state index < -0.39 is 0 Å². The topological polar surface area (TPSA) is 44.8 Å². The van der Waals surface area contributed by atoms with Gasteiger partial charge in [0.25, 0.3) is 0 Å². The molecular formula is C8H16O4. The van der Waals surface area contributed by atoms with Crippen molar-refractivity contribution < 1.29 is 19.0 Å². The lowest BCUT2D eigenvalue weighted by molar-refractivity contribution is -0.146. The van der Waals surface area contributed by atoms with E-state index in [9.17, 15) is 4.79 Å². The second-order valence-corrected chi connectivity index (χ2v) is 2.24. The summed E-state index contributed by atoms with van der Waals surface area (Å²) in [5.74, 6) is -0.356. The molecule has 0 saturated carbocycles. The Labute approximate surface area is 72.8 Å². The Kier molecular flexibility index (Phi) is 8.05. The molecular weight excluding hydrogens is 160 g/mol.